The molecule has 0 saturated heterocycles. The van der Waals surface area contributed by atoms with E-state index in [1.54, 1.807) is 0 Å². The van der Waals surface area contributed by atoms with E-state index in [4.69, 9.17) is 0 Å². The van der Waals surface area contributed by atoms with Gasteiger partial charge < -0.3 is 5.32 Å². The first-order valence-corrected chi connectivity index (χ1v) is 7.45. The zero-order chi connectivity index (χ0) is 25.3. The number of rotatable bonds is 4. The summed E-state index contributed by atoms with van der Waals surface area (Å²) < 4.78 is 150. The third-order valence-corrected chi connectivity index (χ3v) is 4.40. The standard InChI is InChI=1S/C13H4F11N3O5/c14-8(7(28)25-4-2-1-3-5(26(29)30)6(4)27(31)32)9(15,16)11(19,20)13(23,24)12(21,22)10(8,17)18/h1-3H,(H,25,28). The number of amides is 1. The lowest BCUT2D eigenvalue weighted by Gasteiger charge is -2.51. The van der Waals surface area contributed by atoms with E-state index in [9.17, 15) is 73.3 Å². The summed E-state index contributed by atoms with van der Waals surface area (Å²) in [6, 6.07) is 0.933. The lowest BCUT2D eigenvalue weighted by atomic mass is 9.71. The monoisotopic (exact) mass is 491 g/mol. The number of hydrogen-bond acceptors (Lipinski definition) is 5. The molecule has 1 saturated carbocycles. The Morgan fingerprint density at radius 1 is 0.719 bits per heavy atom. The van der Waals surface area contributed by atoms with Gasteiger partial charge in [0.15, 0.2) is 0 Å². The van der Waals surface area contributed by atoms with Gasteiger partial charge in [-0.15, -0.1) is 0 Å². The molecule has 1 aromatic rings. The number of nitro groups is 2. The van der Waals surface area contributed by atoms with Gasteiger partial charge in [0.05, 0.1) is 9.85 Å². The summed E-state index contributed by atoms with van der Waals surface area (Å²) in [5.74, 6) is -41.6. The summed E-state index contributed by atoms with van der Waals surface area (Å²) in [4.78, 5) is 30.3. The predicted octanol–water partition coefficient (Wildman–Crippen LogP) is 4.34. The Morgan fingerprint density at radius 3 is 1.50 bits per heavy atom. The average molecular weight is 491 g/mol. The molecule has 0 aliphatic heterocycles. The van der Waals surface area contributed by atoms with Crippen LogP contribution in [-0.4, -0.2) is 51.0 Å². The second-order valence-electron chi connectivity index (χ2n) is 6.17. The number of carbonyl (C=O) groups is 1. The maximum Gasteiger partial charge on any atom is 0.384 e. The first-order valence-electron chi connectivity index (χ1n) is 7.45. The fourth-order valence-corrected chi connectivity index (χ4v) is 2.69. The largest absolute Gasteiger partial charge is 0.384 e. The van der Waals surface area contributed by atoms with Crippen molar-refractivity contribution >= 4 is 23.0 Å². The summed E-state index contributed by atoms with van der Waals surface area (Å²) in [7, 11) is 0. The highest BCUT2D eigenvalue weighted by Gasteiger charge is 3.02. The van der Waals surface area contributed by atoms with Gasteiger partial charge in [-0.2, -0.15) is 43.9 Å². The summed E-state index contributed by atoms with van der Waals surface area (Å²) in [5, 5.41) is 22.2. The number of nitrogens with one attached hydrogen (secondary N) is 1. The molecular weight excluding hydrogens is 487 g/mol. The number of carbonyl (C=O) groups excluding carboxylic acids is 1. The van der Waals surface area contributed by atoms with Crippen molar-refractivity contribution < 1.29 is 62.9 Å². The van der Waals surface area contributed by atoms with E-state index >= 15 is 0 Å². The van der Waals surface area contributed by atoms with E-state index in [2.05, 4.69) is 0 Å². The highest BCUT2D eigenvalue weighted by atomic mass is 19.4. The molecule has 1 N–H and O–H groups in total. The maximum atomic E-state index is 14.6. The van der Waals surface area contributed by atoms with Gasteiger partial charge in [0.2, 0.25) is 0 Å². The molecule has 1 amide bonds. The summed E-state index contributed by atoms with van der Waals surface area (Å²) in [5.41, 5.74) is -12.3. The zero-order valence-corrected chi connectivity index (χ0v) is 14.3. The molecule has 1 aliphatic carbocycles. The minimum absolute atomic E-state index is 0.163. The number of alkyl halides is 11. The van der Waals surface area contributed by atoms with Gasteiger partial charge >= 0.3 is 46.7 Å². The van der Waals surface area contributed by atoms with E-state index in [-0.39, 0.29) is 6.07 Å². The Balaban J connectivity index is 2.77. The maximum absolute atomic E-state index is 14.6. The van der Waals surface area contributed by atoms with Crippen molar-refractivity contribution in [2.75, 3.05) is 5.32 Å². The van der Waals surface area contributed by atoms with Crippen LogP contribution in [0, 0.1) is 20.2 Å². The van der Waals surface area contributed by atoms with Crippen LogP contribution in [0.2, 0.25) is 0 Å². The van der Waals surface area contributed by atoms with E-state index in [1.165, 1.54) is 0 Å². The van der Waals surface area contributed by atoms with Crippen molar-refractivity contribution in [3.05, 3.63) is 38.4 Å². The molecule has 0 spiro atoms. The Labute approximate surface area is 166 Å². The second-order valence-corrected chi connectivity index (χ2v) is 6.17. The first kappa shape index (κ1) is 25.0. The van der Waals surface area contributed by atoms with Crippen LogP contribution in [-0.2, 0) is 4.79 Å². The topological polar surface area (TPSA) is 115 Å². The third-order valence-electron chi connectivity index (χ3n) is 4.40. The van der Waals surface area contributed by atoms with Crippen molar-refractivity contribution in [2.45, 2.75) is 35.3 Å². The average Bonchev–Trinajstić information content (AvgIpc) is 2.64. The molecule has 2 rings (SSSR count). The Bertz CT molecular complexity index is 983. The predicted molar refractivity (Wildman–Crippen MR) is 77.0 cm³/mol. The molecule has 0 bridgehead atoms. The van der Waals surface area contributed by atoms with E-state index < -0.39 is 68.1 Å². The molecule has 1 aromatic carbocycles. The second kappa shape index (κ2) is 6.61. The molecule has 32 heavy (non-hydrogen) atoms. The zero-order valence-electron chi connectivity index (χ0n) is 14.3. The van der Waals surface area contributed by atoms with Crippen molar-refractivity contribution in [3.8, 4) is 0 Å². The van der Waals surface area contributed by atoms with Crippen LogP contribution in [0.5, 0.6) is 0 Å². The summed E-state index contributed by atoms with van der Waals surface area (Å²) in [6.07, 6.45) is 0. The molecule has 1 aliphatic rings. The van der Waals surface area contributed by atoms with Gasteiger partial charge in [-0.25, -0.2) is 4.39 Å². The Hall–Kier alpha value is -3.28. The van der Waals surface area contributed by atoms with Crippen LogP contribution in [0.15, 0.2) is 18.2 Å². The van der Waals surface area contributed by atoms with Crippen LogP contribution in [0.25, 0.3) is 0 Å². The van der Waals surface area contributed by atoms with Gasteiger partial charge in [0, 0.05) is 6.07 Å². The SMILES string of the molecule is O=C(Nc1cccc([N+](=O)[O-])c1[N+](=O)[O-])C1(F)C(F)(F)C(F)(F)C(F)(F)C(F)(F)C1(F)F. The highest BCUT2D eigenvalue weighted by Crippen LogP contribution is 2.69. The number of nitro benzene ring substituents is 2. The lowest BCUT2D eigenvalue weighted by Crippen LogP contribution is -2.86. The van der Waals surface area contributed by atoms with E-state index in [1.807, 2.05) is 0 Å². The Kier molecular flexibility index (Phi) is 5.16. The van der Waals surface area contributed by atoms with Crippen molar-refractivity contribution in [3.63, 3.8) is 0 Å². The number of para-hydroxylation sites is 1. The lowest BCUT2D eigenvalue weighted by molar-refractivity contribution is -0.475. The van der Waals surface area contributed by atoms with Gasteiger partial charge in [-0.1, -0.05) is 6.07 Å². The van der Waals surface area contributed by atoms with Crippen molar-refractivity contribution in [1.82, 2.24) is 0 Å². The third kappa shape index (κ3) is 2.58. The molecule has 1 fully saturated rings. The minimum Gasteiger partial charge on any atom is -0.317 e. The van der Waals surface area contributed by atoms with Gasteiger partial charge in [-0.3, -0.25) is 25.0 Å². The first-order chi connectivity index (χ1) is 14.1. The fourth-order valence-electron chi connectivity index (χ4n) is 2.69. The molecule has 0 atom stereocenters. The summed E-state index contributed by atoms with van der Waals surface area (Å²) in [6.45, 7) is 0. The molecule has 0 unspecified atom stereocenters. The van der Waals surface area contributed by atoms with Gasteiger partial charge in [0.1, 0.15) is 5.69 Å². The minimum atomic E-state index is -7.58. The molecule has 0 radical (unpaired) electrons. The van der Waals surface area contributed by atoms with E-state index in [0.717, 1.165) is 0 Å². The van der Waals surface area contributed by atoms with Gasteiger partial charge in [0.25, 0.3) is 5.91 Å². The van der Waals surface area contributed by atoms with Crippen molar-refractivity contribution in [1.29, 1.82) is 0 Å². The molecule has 0 aromatic heterocycles. The number of nitrogens with zero attached hydrogens (tertiary/aromatic N) is 2. The van der Waals surface area contributed by atoms with Crippen LogP contribution in [0.1, 0.15) is 0 Å². The smallest absolute Gasteiger partial charge is 0.317 e. The highest BCUT2D eigenvalue weighted by molar-refractivity contribution is 6.02. The van der Waals surface area contributed by atoms with Crippen molar-refractivity contribution in [2.24, 2.45) is 0 Å². The molecule has 8 nitrogen and oxygen atoms in total. The van der Waals surface area contributed by atoms with E-state index in [0.29, 0.717) is 17.4 Å². The van der Waals surface area contributed by atoms with Crippen LogP contribution >= 0.6 is 0 Å². The number of benzene rings is 1. The van der Waals surface area contributed by atoms with Crippen LogP contribution < -0.4 is 5.32 Å². The number of anilines is 1. The summed E-state index contributed by atoms with van der Waals surface area (Å²) >= 11 is 0. The van der Waals surface area contributed by atoms with Crippen LogP contribution in [0.4, 0.5) is 65.4 Å². The normalized spacial score (nSPS) is 23.7. The quantitative estimate of drug-likeness (QED) is 0.382. The molecular formula is C13H4F11N3O5. The number of halogens is 11. The fraction of sp³-hybridized carbons (Fsp3) is 0.462. The molecule has 0 heterocycles. The Morgan fingerprint density at radius 2 is 1.12 bits per heavy atom. The van der Waals surface area contributed by atoms with Crippen LogP contribution in [0.3, 0.4) is 0 Å². The van der Waals surface area contributed by atoms with Gasteiger partial charge in [-0.05, 0) is 6.07 Å². The molecule has 178 valence electrons. The molecule has 19 heteroatoms. The number of hydrogen-bond donors (Lipinski definition) is 1.